The van der Waals surface area contributed by atoms with E-state index >= 15 is 0 Å². The van der Waals surface area contributed by atoms with E-state index in [2.05, 4.69) is 4.90 Å². The Kier molecular flexibility index (Phi) is 6.94. The number of nitro groups is 1. The van der Waals surface area contributed by atoms with E-state index in [0.29, 0.717) is 49.1 Å². The van der Waals surface area contributed by atoms with E-state index in [1.165, 1.54) is 12.1 Å². The molecule has 0 saturated carbocycles. The molecule has 1 amide bonds. The molecule has 10 heteroatoms. The summed E-state index contributed by atoms with van der Waals surface area (Å²) in [6, 6.07) is 23.3. The lowest BCUT2D eigenvalue weighted by molar-refractivity contribution is -0.384. The Morgan fingerprint density at radius 1 is 0.842 bits per heavy atom. The van der Waals surface area contributed by atoms with Crippen molar-refractivity contribution in [2.24, 2.45) is 0 Å². The van der Waals surface area contributed by atoms with E-state index < -0.39 is 4.92 Å². The van der Waals surface area contributed by atoms with Gasteiger partial charge in [-0.2, -0.15) is 5.10 Å². The first-order valence-electron chi connectivity index (χ1n) is 12.1. The highest BCUT2D eigenvalue weighted by molar-refractivity contribution is 5.94. The molecule has 0 unspecified atom stereocenters. The van der Waals surface area contributed by atoms with Crippen molar-refractivity contribution in [1.29, 1.82) is 0 Å². The van der Waals surface area contributed by atoms with E-state index in [4.69, 9.17) is 14.6 Å². The van der Waals surface area contributed by atoms with Crippen molar-refractivity contribution < 1.29 is 19.2 Å². The van der Waals surface area contributed by atoms with E-state index in [1.807, 2.05) is 59.5 Å². The molecule has 1 fully saturated rings. The first-order valence-corrected chi connectivity index (χ1v) is 12.1. The number of nitro benzene ring substituents is 1. The molecular weight excluding hydrogens is 486 g/mol. The second kappa shape index (κ2) is 10.6. The van der Waals surface area contributed by atoms with Crippen LogP contribution in [-0.4, -0.2) is 65.9 Å². The number of hydrogen-bond acceptors (Lipinski definition) is 7. The zero-order valence-electron chi connectivity index (χ0n) is 21.1. The average Bonchev–Trinajstić information content (AvgIpc) is 3.42. The van der Waals surface area contributed by atoms with Gasteiger partial charge >= 0.3 is 0 Å². The molecule has 0 N–H and O–H groups in total. The summed E-state index contributed by atoms with van der Waals surface area (Å²) in [7, 11) is 3.22. The van der Waals surface area contributed by atoms with Gasteiger partial charge in [-0.15, -0.1) is 0 Å². The number of methoxy groups -OCH3 is 2. The lowest BCUT2D eigenvalue weighted by Crippen LogP contribution is -2.49. The highest BCUT2D eigenvalue weighted by atomic mass is 16.6. The molecule has 0 aliphatic carbocycles. The van der Waals surface area contributed by atoms with Crippen LogP contribution in [0.4, 0.5) is 11.4 Å². The fourth-order valence-electron chi connectivity index (χ4n) is 4.49. The Morgan fingerprint density at radius 2 is 1.50 bits per heavy atom. The predicted octanol–water partition coefficient (Wildman–Crippen LogP) is 4.43. The number of amides is 1. The van der Waals surface area contributed by atoms with E-state index in [1.54, 1.807) is 31.0 Å². The number of rotatable bonds is 7. The molecule has 1 aliphatic rings. The number of anilines is 1. The Labute approximate surface area is 219 Å². The molecule has 5 rings (SSSR count). The smallest absolute Gasteiger partial charge is 0.272 e. The van der Waals surface area contributed by atoms with Gasteiger partial charge in [0.1, 0.15) is 17.2 Å². The highest BCUT2D eigenvalue weighted by Crippen LogP contribution is 2.27. The summed E-state index contributed by atoms with van der Waals surface area (Å²) in [5.41, 5.74) is 3.65. The lowest BCUT2D eigenvalue weighted by atomic mass is 10.1. The van der Waals surface area contributed by atoms with Crippen LogP contribution in [-0.2, 0) is 0 Å². The third-order valence-electron chi connectivity index (χ3n) is 6.60. The van der Waals surface area contributed by atoms with E-state index in [9.17, 15) is 14.9 Å². The van der Waals surface area contributed by atoms with Crippen molar-refractivity contribution in [2.45, 2.75) is 0 Å². The number of ether oxygens (including phenoxy) is 2. The summed E-state index contributed by atoms with van der Waals surface area (Å²) in [5.74, 6) is 1.30. The molecule has 38 heavy (non-hydrogen) atoms. The molecular formula is C28H27N5O5. The van der Waals surface area contributed by atoms with Gasteiger partial charge in [-0.3, -0.25) is 14.9 Å². The minimum Gasteiger partial charge on any atom is -0.497 e. The van der Waals surface area contributed by atoms with Crippen LogP contribution >= 0.6 is 0 Å². The summed E-state index contributed by atoms with van der Waals surface area (Å²) in [6.07, 6.45) is 0. The Hall–Kier alpha value is -4.86. The molecule has 1 aromatic heterocycles. The molecule has 0 radical (unpaired) electrons. The number of non-ortho nitro benzene ring substituents is 1. The summed E-state index contributed by atoms with van der Waals surface area (Å²) in [5, 5.41) is 15.7. The maximum Gasteiger partial charge on any atom is 0.272 e. The van der Waals surface area contributed by atoms with Crippen LogP contribution in [0, 0.1) is 10.1 Å². The Balaban J connectivity index is 1.40. The quantitative estimate of drug-likeness (QED) is 0.266. The van der Waals surface area contributed by atoms with Crippen LogP contribution in [0.2, 0.25) is 0 Å². The van der Waals surface area contributed by atoms with Crippen molar-refractivity contribution in [3.05, 3.63) is 94.7 Å². The van der Waals surface area contributed by atoms with E-state index in [0.717, 1.165) is 16.9 Å². The highest BCUT2D eigenvalue weighted by Gasteiger charge is 2.27. The minimum atomic E-state index is -0.411. The largest absolute Gasteiger partial charge is 0.497 e. The number of benzene rings is 3. The van der Waals surface area contributed by atoms with Crippen LogP contribution in [0.5, 0.6) is 11.5 Å². The summed E-state index contributed by atoms with van der Waals surface area (Å²) >= 11 is 0. The molecule has 194 valence electrons. The van der Waals surface area contributed by atoms with Crippen molar-refractivity contribution in [2.75, 3.05) is 45.3 Å². The fraction of sp³-hybridized carbons (Fsp3) is 0.214. The predicted molar refractivity (Wildman–Crippen MR) is 143 cm³/mol. The third-order valence-corrected chi connectivity index (χ3v) is 6.60. The van der Waals surface area contributed by atoms with Crippen LogP contribution in [0.25, 0.3) is 16.9 Å². The van der Waals surface area contributed by atoms with Gasteiger partial charge in [0, 0.05) is 49.6 Å². The number of piperazine rings is 1. The van der Waals surface area contributed by atoms with Crippen molar-refractivity contribution in [1.82, 2.24) is 14.7 Å². The van der Waals surface area contributed by atoms with Gasteiger partial charge in [0.25, 0.3) is 11.6 Å². The zero-order chi connectivity index (χ0) is 26.6. The normalized spacial score (nSPS) is 13.3. The second-order valence-electron chi connectivity index (χ2n) is 8.81. The zero-order valence-corrected chi connectivity index (χ0v) is 21.1. The Bertz CT molecular complexity index is 1440. The van der Waals surface area contributed by atoms with Crippen LogP contribution < -0.4 is 14.4 Å². The number of aromatic nitrogens is 2. The lowest BCUT2D eigenvalue weighted by Gasteiger charge is -2.36. The minimum absolute atomic E-state index is 0.0567. The van der Waals surface area contributed by atoms with Crippen LogP contribution in [0.15, 0.2) is 78.9 Å². The summed E-state index contributed by atoms with van der Waals surface area (Å²) in [4.78, 5) is 28.2. The number of carbonyl (C=O) groups excluding carboxylic acids is 1. The van der Waals surface area contributed by atoms with Gasteiger partial charge in [-0.05, 0) is 54.6 Å². The van der Waals surface area contributed by atoms with Crippen LogP contribution in [0.3, 0.4) is 0 Å². The average molecular weight is 514 g/mol. The third kappa shape index (κ3) is 5.01. The molecule has 10 nitrogen and oxygen atoms in total. The topological polar surface area (TPSA) is 103 Å². The summed E-state index contributed by atoms with van der Waals surface area (Å²) in [6.45, 7) is 2.25. The molecule has 0 bridgehead atoms. The molecule has 0 atom stereocenters. The van der Waals surface area contributed by atoms with Gasteiger partial charge in [-0.1, -0.05) is 12.1 Å². The molecule has 2 heterocycles. The van der Waals surface area contributed by atoms with Crippen molar-refractivity contribution in [3.63, 3.8) is 0 Å². The maximum absolute atomic E-state index is 13.8. The van der Waals surface area contributed by atoms with Crippen molar-refractivity contribution in [3.8, 4) is 28.4 Å². The summed E-state index contributed by atoms with van der Waals surface area (Å²) < 4.78 is 12.3. The van der Waals surface area contributed by atoms with Gasteiger partial charge < -0.3 is 19.3 Å². The van der Waals surface area contributed by atoms with Gasteiger partial charge in [0.2, 0.25) is 0 Å². The van der Waals surface area contributed by atoms with Crippen molar-refractivity contribution >= 4 is 17.3 Å². The molecule has 1 aliphatic heterocycles. The first-order chi connectivity index (χ1) is 18.5. The van der Waals surface area contributed by atoms with Crippen LogP contribution in [0.1, 0.15) is 10.5 Å². The van der Waals surface area contributed by atoms with E-state index in [-0.39, 0.29) is 11.6 Å². The van der Waals surface area contributed by atoms with Gasteiger partial charge in [0.05, 0.1) is 30.5 Å². The van der Waals surface area contributed by atoms with Gasteiger partial charge in [-0.25, -0.2) is 4.68 Å². The second-order valence-corrected chi connectivity index (χ2v) is 8.81. The number of nitrogens with zero attached hydrogens (tertiary/aromatic N) is 5. The standard InChI is InChI=1S/C28H27N5O5/c1-37-24-12-10-22(11-13-24)32-27(19-26(29-32)20-4-3-5-25(18-20)38-2)28(34)31-16-14-30(15-17-31)21-6-8-23(9-7-21)33(35)36/h3-13,18-19H,14-17H2,1-2H3. The Morgan fingerprint density at radius 3 is 2.13 bits per heavy atom. The number of carbonyl (C=O) groups is 1. The monoisotopic (exact) mass is 513 g/mol. The SMILES string of the molecule is COc1ccc(-n2nc(-c3cccc(OC)c3)cc2C(=O)N2CCN(c3ccc([N+](=O)[O-])cc3)CC2)cc1. The molecule has 0 spiro atoms. The maximum atomic E-state index is 13.8. The first kappa shape index (κ1) is 24.8. The fourth-order valence-corrected chi connectivity index (χ4v) is 4.49. The molecule has 4 aromatic rings. The molecule has 3 aromatic carbocycles. The van der Waals surface area contributed by atoms with Gasteiger partial charge in [0.15, 0.2) is 0 Å². The number of hydrogen-bond donors (Lipinski definition) is 0. The molecule has 1 saturated heterocycles.